The molecule has 0 aliphatic carbocycles. The summed E-state index contributed by atoms with van der Waals surface area (Å²) in [6.07, 6.45) is 1.54. The summed E-state index contributed by atoms with van der Waals surface area (Å²) in [5.41, 5.74) is 0.479. The number of nitrogens with one attached hydrogen (secondary N) is 2. The molecule has 0 aliphatic heterocycles. The summed E-state index contributed by atoms with van der Waals surface area (Å²) in [7, 11) is 0. The maximum Gasteiger partial charge on any atom is 0.321 e. The van der Waals surface area contributed by atoms with Crippen molar-refractivity contribution in [3.05, 3.63) is 34.6 Å². The molecule has 0 radical (unpaired) electrons. The van der Waals surface area contributed by atoms with Crippen molar-refractivity contribution in [2.45, 2.75) is 57.8 Å². The number of urea groups is 1. The van der Waals surface area contributed by atoms with Crippen molar-refractivity contribution in [2.75, 3.05) is 5.75 Å². The Morgan fingerprint density at radius 2 is 1.89 bits per heavy atom. The Bertz CT molecular complexity index is 881. The van der Waals surface area contributed by atoms with E-state index in [1.165, 1.54) is 0 Å². The number of thioether (sulfide) groups is 1. The van der Waals surface area contributed by atoms with Gasteiger partial charge in [0.15, 0.2) is 5.16 Å². The van der Waals surface area contributed by atoms with Crippen molar-refractivity contribution in [3.8, 4) is 0 Å². The van der Waals surface area contributed by atoms with Crippen molar-refractivity contribution in [1.29, 1.82) is 0 Å². The van der Waals surface area contributed by atoms with Crippen LogP contribution in [0.15, 0.2) is 34.2 Å². The molecule has 0 spiro atoms. The van der Waals surface area contributed by atoms with E-state index in [-0.39, 0.29) is 23.4 Å². The molecule has 7 nitrogen and oxygen atoms in total. The van der Waals surface area contributed by atoms with Crippen LogP contribution in [0.25, 0.3) is 10.9 Å². The Hall–Kier alpha value is -2.35. The third-order valence-corrected chi connectivity index (χ3v) is 5.33. The summed E-state index contributed by atoms with van der Waals surface area (Å²) in [6, 6.07) is 6.59. The molecule has 146 valence electrons. The maximum atomic E-state index is 12.9. The first-order chi connectivity index (χ1) is 12.9. The number of rotatable bonds is 7. The van der Waals surface area contributed by atoms with Gasteiger partial charge in [0.1, 0.15) is 0 Å². The highest BCUT2D eigenvalue weighted by Gasteiger charge is 2.17. The first kappa shape index (κ1) is 21.0. The highest BCUT2D eigenvalue weighted by molar-refractivity contribution is 7.99. The van der Waals surface area contributed by atoms with E-state index in [1.807, 2.05) is 39.8 Å². The van der Waals surface area contributed by atoms with Crippen LogP contribution in [0.3, 0.4) is 0 Å². The van der Waals surface area contributed by atoms with Crippen LogP contribution >= 0.6 is 11.8 Å². The fourth-order valence-corrected chi connectivity index (χ4v) is 3.35. The Morgan fingerprint density at radius 3 is 2.56 bits per heavy atom. The van der Waals surface area contributed by atoms with Crippen LogP contribution in [0, 0.1) is 0 Å². The van der Waals surface area contributed by atoms with E-state index in [2.05, 4.69) is 15.6 Å². The minimum Gasteiger partial charge on any atom is -0.335 e. The zero-order valence-electron chi connectivity index (χ0n) is 16.1. The Morgan fingerprint density at radius 1 is 1.19 bits per heavy atom. The zero-order chi connectivity index (χ0) is 20.0. The normalized spacial score (nSPS) is 13.2. The smallest absolute Gasteiger partial charge is 0.321 e. The van der Waals surface area contributed by atoms with Crippen molar-refractivity contribution >= 4 is 34.6 Å². The number of benzene rings is 1. The van der Waals surface area contributed by atoms with Gasteiger partial charge < -0.3 is 5.32 Å². The van der Waals surface area contributed by atoms with Crippen molar-refractivity contribution < 1.29 is 9.59 Å². The van der Waals surface area contributed by atoms with Gasteiger partial charge in [-0.15, -0.1) is 0 Å². The Balaban J connectivity index is 2.19. The molecule has 0 bridgehead atoms. The molecule has 0 fully saturated rings. The van der Waals surface area contributed by atoms with Crippen LogP contribution in [0.4, 0.5) is 4.79 Å². The number of hydrogen-bond donors (Lipinski definition) is 2. The number of amides is 3. The lowest BCUT2D eigenvalue weighted by molar-refractivity contribution is -0.117. The molecule has 0 saturated heterocycles. The number of imide groups is 1. The minimum absolute atomic E-state index is 0.00482. The molecule has 0 aliphatic rings. The van der Waals surface area contributed by atoms with Gasteiger partial charge >= 0.3 is 6.03 Å². The largest absolute Gasteiger partial charge is 0.335 e. The minimum atomic E-state index is -0.513. The molecule has 2 atom stereocenters. The molecule has 1 aromatic carbocycles. The number of aromatic nitrogens is 2. The molecule has 2 aromatic rings. The number of fused-ring (bicyclic) bond motifs is 1. The average molecular weight is 391 g/mol. The number of para-hydroxylation sites is 1. The lowest BCUT2D eigenvalue weighted by Gasteiger charge is -2.18. The quantitative estimate of drug-likeness (QED) is 0.560. The van der Waals surface area contributed by atoms with Gasteiger partial charge in [0.2, 0.25) is 5.91 Å². The van der Waals surface area contributed by atoms with Gasteiger partial charge in [-0.2, -0.15) is 0 Å². The predicted octanol–water partition coefficient (Wildman–Crippen LogP) is 3.08. The molecular formula is C19H26N4O3S. The van der Waals surface area contributed by atoms with E-state index in [1.54, 1.807) is 16.7 Å². The lowest BCUT2D eigenvalue weighted by Crippen LogP contribution is -2.44. The van der Waals surface area contributed by atoms with Gasteiger partial charge in [0.25, 0.3) is 5.56 Å². The predicted molar refractivity (Wildman–Crippen MR) is 108 cm³/mol. The van der Waals surface area contributed by atoms with Crippen LogP contribution in [-0.4, -0.2) is 33.3 Å². The fourth-order valence-electron chi connectivity index (χ4n) is 2.45. The van der Waals surface area contributed by atoms with E-state index in [0.29, 0.717) is 16.1 Å². The van der Waals surface area contributed by atoms with Crippen molar-refractivity contribution in [3.63, 3.8) is 0 Å². The van der Waals surface area contributed by atoms with Gasteiger partial charge in [0.05, 0.1) is 16.7 Å². The van der Waals surface area contributed by atoms with Crippen LogP contribution in [0.1, 0.15) is 46.6 Å². The third-order valence-electron chi connectivity index (χ3n) is 4.38. The van der Waals surface area contributed by atoms with Crippen molar-refractivity contribution in [1.82, 2.24) is 20.2 Å². The second kappa shape index (κ2) is 9.55. The van der Waals surface area contributed by atoms with Crippen LogP contribution in [0.2, 0.25) is 0 Å². The van der Waals surface area contributed by atoms with Crippen LogP contribution < -0.4 is 16.2 Å². The Labute approximate surface area is 162 Å². The van der Waals surface area contributed by atoms with Gasteiger partial charge in [-0.1, -0.05) is 37.7 Å². The molecule has 1 aromatic heterocycles. The highest BCUT2D eigenvalue weighted by atomic mass is 32.2. The maximum absolute atomic E-state index is 12.9. The second-order valence-corrected chi connectivity index (χ2v) is 7.41. The molecule has 3 amide bonds. The van der Waals surface area contributed by atoms with Gasteiger partial charge in [-0.05, 0) is 38.8 Å². The highest BCUT2D eigenvalue weighted by Crippen LogP contribution is 2.22. The molecule has 2 N–H and O–H groups in total. The summed E-state index contributed by atoms with van der Waals surface area (Å²) in [5.74, 6) is -0.436. The molecule has 1 heterocycles. The van der Waals surface area contributed by atoms with E-state index >= 15 is 0 Å². The summed E-state index contributed by atoms with van der Waals surface area (Å²) in [5, 5.41) is 6.02. The Kier molecular flexibility index (Phi) is 7.41. The monoisotopic (exact) mass is 390 g/mol. The summed E-state index contributed by atoms with van der Waals surface area (Å²) in [4.78, 5) is 41.3. The van der Waals surface area contributed by atoms with Gasteiger partial charge in [-0.3, -0.25) is 19.5 Å². The first-order valence-electron chi connectivity index (χ1n) is 9.11. The van der Waals surface area contributed by atoms with E-state index in [9.17, 15) is 14.4 Å². The topological polar surface area (TPSA) is 93.1 Å². The number of carbonyl (C=O) groups is 2. The zero-order valence-corrected chi connectivity index (χ0v) is 16.9. The molecule has 2 rings (SSSR count). The molecular weight excluding hydrogens is 364 g/mol. The SMILES string of the molecule is CC[C@@H](C)NC(=O)NC(=O)CSc1nc2ccccc2c(=O)n1[C@@H](C)CC. The molecule has 8 heteroatoms. The van der Waals surface area contributed by atoms with E-state index in [4.69, 9.17) is 0 Å². The first-order valence-corrected chi connectivity index (χ1v) is 10.1. The molecule has 0 unspecified atom stereocenters. The van der Waals surface area contributed by atoms with Crippen LogP contribution in [-0.2, 0) is 4.79 Å². The number of nitrogens with zero attached hydrogens (tertiary/aromatic N) is 2. The molecule has 0 saturated carbocycles. The lowest BCUT2D eigenvalue weighted by atomic mass is 10.2. The van der Waals surface area contributed by atoms with E-state index < -0.39 is 11.9 Å². The number of hydrogen-bond acceptors (Lipinski definition) is 5. The molecule has 27 heavy (non-hydrogen) atoms. The summed E-state index contributed by atoms with van der Waals surface area (Å²) in [6.45, 7) is 7.75. The second-order valence-electron chi connectivity index (χ2n) is 6.46. The summed E-state index contributed by atoms with van der Waals surface area (Å²) < 4.78 is 1.62. The average Bonchev–Trinajstić information content (AvgIpc) is 2.65. The van der Waals surface area contributed by atoms with Crippen molar-refractivity contribution in [2.24, 2.45) is 0 Å². The third kappa shape index (κ3) is 5.32. The fraction of sp³-hybridized carbons (Fsp3) is 0.474. The standard InChI is InChI=1S/C19H26N4O3S/c1-5-12(3)20-18(26)22-16(24)11-27-19-21-15-10-8-7-9-14(15)17(25)23(19)13(4)6-2/h7-10,12-13H,5-6,11H2,1-4H3,(H2,20,22,24,26)/t12-,13+/m1/s1. The van der Waals surface area contributed by atoms with Gasteiger partial charge in [0, 0.05) is 12.1 Å². The summed E-state index contributed by atoms with van der Waals surface area (Å²) >= 11 is 1.15. The van der Waals surface area contributed by atoms with E-state index in [0.717, 1.165) is 24.6 Å². The van der Waals surface area contributed by atoms with Gasteiger partial charge in [-0.25, -0.2) is 9.78 Å². The number of carbonyl (C=O) groups excluding carboxylic acids is 2. The van der Waals surface area contributed by atoms with Crippen LogP contribution in [0.5, 0.6) is 0 Å².